The van der Waals surface area contributed by atoms with Crippen molar-refractivity contribution < 1.29 is 14.2 Å². The molecule has 0 fully saturated rings. The standard InChI is InChI=1S/C10H9BrN4O3/c1-17-5-2-3-6(11)7(4-5)13-10(16)8-9(12)15-18-14-8/h2-4H,1H3,(H2,12,15)(H,13,16). The summed E-state index contributed by atoms with van der Waals surface area (Å²) < 4.78 is 10.1. The fraction of sp³-hybridized carbons (Fsp3) is 0.100. The van der Waals surface area contributed by atoms with Gasteiger partial charge in [0.2, 0.25) is 11.5 Å². The van der Waals surface area contributed by atoms with Crippen LogP contribution >= 0.6 is 15.9 Å². The number of hydrogen-bond donors (Lipinski definition) is 2. The summed E-state index contributed by atoms with van der Waals surface area (Å²) in [6, 6.07) is 5.16. The zero-order chi connectivity index (χ0) is 13.1. The Hall–Kier alpha value is -2.09. The minimum absolute atomic E-state index is 0.0634. The highest BCUT2D eigenvalue weighted by Crippen LogP contribution is 2.27. The molecule has 0 aliphatic rings. The number of nitrogen functional groups attached to an aromatic ring is 1. The van der Waals surface area contributed by atoms with Gasteiger partial charge in [-0.2, -0.15) is 0 Å². The zero-order valence-corrected chi connectivity index (χ0v) is 10.9. The quantitative estimate of drug-likeness (QED) is 0.893. The largest absolute Gasteiger partial charge is 0.497 e. The van der Waals surface area contributed by atoms with Gasteiger partial charge in [0.25, 0.3) is 5.91 Å². The average molecular weight is 313 g/mol. The number of benzene rings is 1. The van der Waals surface area contributed by atoms with Gasteiger partial charge < -0.3 is 15.8 Å². The third-order valence-corrected chi connectivity index (χ3v) is 2.84. The number of halogens is 1. The number of amides is 1. The highest BCUT2D eigenvalue weighted by Gasteiger charge is 2.17. The van der Waals surface area contributed by atoms with E-state index < -0.39 is 5.91 Å². The van der Waals surface area contributed by atoms with Crippen molar-refractivity contribution in [1.29, 1.82) is 0 Å². The number of carbonyl (C=O) groups is 1. The number of carbonyl (C=O) groups excluding carboxylic acids is 1. The number of aromatic nitrogens is 2. The Morgan fingerprint density at radius 2 is 2.28 bits per heavy atom. The van der Waals surface area contributed by atoms with Crippen LogP contribution in [0.1, 0.15) is 10.5 Å². The van der Waals surface area contributed by atoms with Crippen molar-refractivity contribution in [2.75, 3.05) is 18.2 Å². The van der Waals surface area contributed by atoms with E-state index in [9.17, 15) is 4.79 Å². The number of ether oxygens (including phenoxy) is 1. The highest BCUT2D eigenvalue weighted by atomic mass is 79.9. The first kappa shape index (κ1) is 12.4. The van der Waals surface area contributed by atoms with Crippen molar-refractivity contribution in [3.8, 4) is 5.75 Å². The van der Waals surface area contributed by atoms with Crippen LogP contribution in [0.15, 0.2) is 27.3 Å². The van der Waals surface area contributed by atoms with Crippen molar-refractivity contribution in [3.05, 3.63) is 28.4 Å². The van der Waals surface area contributed by atoms with E-state index in [-0.39, 0.29) is 11.5 Å². The molecule has 0 spiro atoms. The number of hydrogen-bond acceptors (Lipinski definition) is 6. The molecule has 0 unspecified atom stereocenters. The first-order chi connectivity index (χ1) is 8.61. The summed E-state index contributed by atoms with van der Waals surface area (Å²) in [6.07, 6.45) is 0. The third-order valence-electron chi connectivity index (χ3n) is 2.15. The van der Waals surface area contributed by atoms with Crippen LogP contribution in [-0.4, -0.2) is 23.3 Å². The van der Waals surface area contributed by atoms with E-state index in [1.54, 1.807) is 18.2 Å². The van der Waals surface area contributed by atoms with E-state index in [0.29, 0.717) is 15.9 Å². The molecule has 8 heteroatoms. The fourth-order valence-electron chi connectivity index (χ4n) is 1.26. The summed E-state index contributed by atoms with van der Waals surface area (Å²) in [5.41, 5.74) is 5.89. The van der Waals surface area contributed by atoms with Crippen molar-refractivity contribution in [3.63, 3.8) is 0 Å². The molecule has 0 aliphatic carbocycles. The first-order valence-corrected chi connectivity index (χ1v) is 5.64. The maximum Gasteiger partial charge on any atom is 0.281 e. The predicted molar refractivity (Wildman–Crippen MR) is 67.4 cm³/mol. The number of nitrogens with two attached hydrogens (primary N) is 1. The van der Waals surface area contributed by atoms with Crippen molar-refractivity contribution in [2.24, 2.45) is 0 Å². The molecule has 0 aliphatic heterocycles. The Balaban J connectivity index is 2.24. The molecule has 1 aromatic carbocycles. The van der Waals surface area contributed by atoms with Gasteiger partial charge in [-0.3, -0.25) is 4.79 Å². The number of nitrogens with zero attached hydrogens (tertiary/aromatic N) is 2. The lowest BCUT2D eigenvalue weighted by Gasteiger charge is -2.07. The van der Waals surface area contributed by atoms with E-state index in [2.05, 4.69) is 36.2 Å². The van der Waals surface area contributed by atoms with Crippen LogP contribution in [-0.2, 0) is 0 Å². The minimum Gasteiger partial charge on any atom is -0.497 e. The topological polar surface area (TPSA) is 103 Å². The van der Waals surface area contributed by atoms with Gasteiger partial charge in [-0.15, -0.1) is 0 Å². The Bertz CT molecular complexity index is 584. The van der Waals surface area contributed by atoms with Gasteiger partial charge in [0.05, 0.1) is 12.8 Å². The molecule has 18 heavy (non-hydrogen) atoms. The maximum atomic E-state index is 11.8. The second-order valence-corrected chi connectivity index (χ2v) is 4.15. The van der Waals surface area contributed by atoms with Crippen molar-refractivity contribution >= 4 is 33.3 Å². The van der Waals surface area contributed by atoms with E-state index in [1.165, 1.54) is 7.11 Å². The van der Waals surface area contributed by atoms with E-state index in [1.807, 2.05) is 0 Å². The number of methoxy groups -OCH3 is 1. The smallest absolute Gasteiger partial charge is 0.281 e. The summed E-state index contributed by atoms with van der Waals surface area (Å²) in [5.74, 6) is 0.0361. The molecular weight excluding hydrogens is 304 g/mol. The summed E-state index contributed by atoms with van der Waals surface area (Å²) in [4.78, 5) is 11.8. The van der Waals surface area contributed by atoms with Gasteiger partial charge in [-0.05, 0) is 38.4 Å². The second kappa shape index (κ2) is 5.05. The molecule has 2 rings (SSSR count). The number of rotatable bonds is 3. The van der Waals surface area contributed by atoms with Crippen molar-refractivity contribution in [2.45, 2.75) is 0 Å². The van der Waals surface area contributed by atoms with Gasteiger partial charge in [0, 0.05) is 10.5 Å². The van der Waals surface area contributed by atoms with Crippen LogP contribution in [0.5, 0.6) is 5.75 Å². The molecule has 1 aromatic heterocycles. The number of anilines is 2. The molecule has 1 amide bonds. The molecule has 7 nitrogen and oxygen atoms in total. The van der Waals surface area contributed by atoms with Crippen molar-refractivity contribution in [1.82, 2.24) is 10.3 Å². The van der Waals surface area contributed by atoms with E-state index in [0.717, 1.165) is 0 Å². The van der Waals surface area contributed by atoms with Crippen LogP contribution in [0, 0.1) is 0 Å². The van der Waals surface area contributed by atoms with E-state index in [4.69, 9.17) is 10.5 Å². The Morgan fingerprint density at radius 3 is 2.89 bits per heavy atom. The van der Waals surface area contributed by atoms with Crippen LogP contribution in [0.3, 0.4) is 0 Å². The zero-order valence-electron chi connectivity index (χ0n) is 9.31. The van der Waals surface area contributed by atoms with Crippen LogP contribution < -0.4 is 15.8 Å². The first-order valence-electron chi connectivity index (χ1n) is 4.84. The van der Waals surface area contributed by atoms with E-state index >= 15 is 0 Å². The van der Waals surface area contributed by atoms with Gasteiger partial charge in [-0.25, -0.2) is 4.63 Å². The molecule has 3 N–H and O–H groups in total. The molecule has 0 bridgehead atoms. The van der Waals surface area contributed by atoms with Crippen LogP contribution in [0.25, 0.3) is 0 Å². The Morgan fingerprint density at radius 1 is 1.50 bits per heavy atom. The van der Waals surface area contributed by atoms with Gasteiger partial charge >= 0.3 is 0 Å². The normalized spacial score (nSPS) is 10.1. The minimum atomic E-state index is -0.511. The molecular formula is C10H9BrN4O3. The lowest BCUT2D eigenvalue weighted by atomic mass is 10.3. The molecule has 1 heterocycles. The summed E-state index contributed by atoms with van der Waals surface area (Å²) in [5, 5.41) is 9.36. The van der Waals surface area contributed by atoms with Crippen LogP contribution in [0.4, 0.5) is 11.5 Å². The number of nitrogens with one attached hydrogen (secondary N) is 1. The fourth-order valence-corrected chi connectivity index (χ4v) is 1.61. The summed E-state index contributed by atoms with van der Waals surface area (Å²) in [7, 11) is 1.54. The monoisotopic (exact) mass is 312 g/mol. The predicted octanol–water partition coefficient (Wildman–Crippen LogP) is 1.68. The lowest BCUT2D eigenvalue weighted by molar-refractivity contribution is 0.101. The highest BCUT2D eigenvalue weighted by molar-refractivity contribution is 9.10. The SMILES string of the molecule is COc1ccc(Br)c(NC(=O)c2nonc2N)c1. The Kier molecular flexibility index (Phi) is 3.47. The van der Waals surface area contributed by atoms with Crippen LogP contribution in [0.2, 0.25) is 0 Å². The summed E-state index contributed by atoms with van der Waals surface area (Å²) in [6.45, 7) is 0. The molecule has 0 radical (unpaired) electrons. The van der Waals surface area contributed by atoms with Gasteiger partial charge in [0.15, 0.2) is 0 Å². The third kappa shape index (κ3) is 2.43. The molecule has 0 saturated heterocycles. The maximum absolute atomic E-state index is 11.8. The molecule has 2 aromatic rings. The lowest BCUT2D eigenvalue weighted by Crippen LogP contribution is -2.14. The van der Waals surface area contributed by atoms with Gasteiger partial charge in [0.1, 0.15) is 5.75 Å². The molecule has 0 saturated carbocycles. The Labute approximate surface area is 110 Å². The summed E-state index contributed by atoms with van der Waals surface area (Å²) >= 11 is 3.31. The molecule has 0 atom stereocenters. The second-order valence-electron chi connectivity index (χ2n) is 3.30. The average Bonchev–Trinajstić information content (AvgIpc) is 2.78. The molecule has 94 valence electrons. The van der Waals surface area contributed by atoms with Gasteiger partial charge in [-0.1, -0.05) is 0 Å².